The summed E-state index contributed by atoms with van der Waals surface area (Å²) in [7, 11) is 0. The van der Waals surface area contributed by atoms with Gasteiger partial charge in [-0.05, 0) is 37.0 Å². The highest BCUT2D eigenvalue weighted by Gasteiger charge is 2.29. The maximum Gasteiger partial charge on any atom is 0.364 e. The highest BCUT2D eigenvalue weighted by molar-refractivity contribution is 6.33. The Morgan fingerprint density at radius 2 is 2.12 bits per heavy atom. The maximum atomic E-state index is 13.2. The first-order valence-electron chi connectivity index (χ1n) is 8.79. The Hall–Kier alpha value is -1.66. The molecule has 2 fully saturated rings. The number of hydrogen-bond acceptors (Lipinski definition) is 4. The van der Waals surface area contributed by atoms with Crippen molar-refractivity contribution in [1.29, 1.82) is 0 Å². The first-order chi connectivity index (χ1) is 12.0. The monoisotopic (exact) mass is 367 g/mol. The number of aliphatic carboxylic acids is 1. The van der Waals surface area contributed by atoms with Gasteiger partial charge in [-0.2, -0.15) is 4.39 Å². The lowest BCUT2D eigenvalue weighted by Gasteiger charge is -2.31. The lowest BCUT2D eigenvalue weighted by atomic mass is 9.94. The van der Waals surface area contributed by atoms with E-state index in [1.165, 1.54) is 44.4 Å². The molecule has 0 spiro atoms. The fourth-order valence-electron chi connectivity index (χ4n) is 3.72. The Bertz CT molecular complexity index is 662. The van der Waals surface area contributed by atoms with Crippen LogP contribution in [0.3, 0.4) is 0 Å². The summed E-state index contributed by atoms with van der Waals surface area (Å²) < 4.78 is 13.2. The zero-order valence-electron chi connectivity index (χ0n) is 14.0. The second kappa shape index (κ2) is 8.15. The van der Waals surface area contributed by atoms with Gasteiger partial charge in [0.1, 0.15) is 5.82 Å². The quantitative estimate of drug-likeness (QED) is 0.771. The first-order valence-corrected chi connectivity index (χ1v) is 9.17. The zero-order chi connectivity index (χ0) is 17.8. The average Bonchev–Trinajstić information content (AvgIpc) is 3.06. The van der Waals surface area contributed by atoms with E-state index < -0.39 is 11.8 Å². The normalized spacial score (nSPS) is 23.0. The third kappa shape index (κ3) is 4.70. The summed E-state index contributed by atoms with van der Waals surface area (Å²) >= 11 is 6.22. The molecule has 5 nitrogen and oxygen atoms in total. The van der Waals surface area contributed by atoms with Gasteiger partial charge in [0, 0.05) is 31.4 Å². The minimum absolute atomic E-state index is 0.295. The highest BCUT2D eigenvalue weighted by atomic mass is 35.5. The van der Waals surface area contributed by atoms with Gasteiger partial charge in [0.25, 0.3) is 0 Å². The van der Waals surface area contributed by atoms with Crippen LogP contribution in [0.1, 0.15) is 44.1 Å². The molecular formula is C18H23ClFN3O2. The first kappa shape index (κ1) is 18.1. The summed E-state index contributed by atoms with van der Waals surface area (Å²) in [4.78, 5) is 17.3. The van der Waals surface area contributed by atoms with Crippen molar-refractivity contribution in [2.75, 3.05) is 18.4 Å². The smallest absolute Gasteiger partial charge is 0.364 e. The van der Waals surface area contributed by atoms with Crippen molar-refractivity contribution >= 4 is 29.5 Å². The number of nitrogens with one attached hydrogen (secondary N) is 1. The van der Waals surface area contributed by atoms with Crippen LogP contribution in [0.5, 0.6) is 0 Å². The van der Waals surface area contributed by atoms with Gasteiger partial charge >= 0.3 is 5.97 Å². The molecule has 7 heteroatoms. The van der Waals surface area contributed by atoms with Crippen LogP contribution >= 0.6 is 11.6 Å². The van der Waals surface area contributed by atoms with Crippen LogP contribution in [0.4, 0.5) is 10.2 Å². The van der Waals surface area contributed by atoms with Crippen LogP contribution in [-0.4, -0.2) is 46.1 Å². The van der Waals surface area contributed by atoms with Crippen molar-refractivity contribution in [3.8, 4) is 0 Å². The van der Waals surface area contributed by atoms with Gasteiger partial charge in [-0.1, -0.05) is 30.9 Å². The summed E-state index contributed by atoms with van der Waals surface area (Å²) in [6.07, 6.45) is 9.97. The van der Waals surface area contributed by atoms with Crippen LogP contribution in [0.2, 0.25) is 5.02 Å². The van der Waals surface area contributed by atoms with Gasteiger partial charge in [-0.3, -0.25) is 4.90 Å². The predicted molar refractivity (Wildman–Crippen MR) is 96.4 cm³/mol. The molecule has 136 valence electrons. The molecule has 3 rings (SSSR count). The van der Waals surface area contributed by atoms with Crippen molar-refractivity contribution in [3.63, 3.8) is 0 Å². The van der Waals surface area contributed by atoms with E-state index in [1.54, 1.807) is 0 Å². The van der Waals surface area contributed by atoms with Gasteiger partial charge in [0.2, 0.25) is 5.83 Å². The molecule has 1 saturated carbocycles. The van der Waals surface area contributed by atoms with Gasteiger partial charge in [-0.25, -0.2) is 9.78 Å². The largest absolute Gasteiger partial charge is 0.476 e. The second-order valence-electron chi connectivity index (χ2n) is 6.81. The average molecular weight is 368 g/mol. The van der Waals surface area contributed by atoms with Crippen LogP contribution < -0.4 is 5.32 Å². The highest BCUT2D eigenvalue weighted by Crippen LogP contribution is 2.28. The Kier molecular flexibility index (Phi) is 5.91. The van der Waals surface area contributed by atoms with Gasteiger partial charge in [0.15, 0.2) is 0 Å². The standard InChI is InChI=1S/C18H23ClFN3O2/c19-15-8-12(9-16(20)18(24)25)10-21-17(15)22-13-6-7-23(11-13)14-4-2-1-3-5-14/h8-10,13-14H,1-7,11H2,(H,21,22)(H,24,25)/t13-/m1/s1. The number of likely N-dealkylation sites (tertiary alicyclic amines) is 1. The van der Waals surface area contributed by atoms with Crippen molar-refractivity contribution in [2.24, 2.45) is 0 Å². The van der Waals surface area contributed by atoms with E-state index in [2.05, 4.69) is 15.2 Å². The van der Waals surface area contributed by atoms with E-state index in [9.17, 15) is 9.18 Å². The number of carbonyl (C=O) groups is 1. The number of carboxylic acid groups (broad SMARTS) is 1. The number of aromatic nitrogens is 1. The number of nitrogens with zero attached hydrogens (tertiary/aromatic N) is 2. The van der Waals surface area contributed by atoms with Gasteiger partial charge < -0.3 is 10.4 Å². The topological polar surface area (TPSA) is 65.5 Å². The molecule has 1 aliphatic heterocycles. The number of carboxylic acids is 1. The van der Waals surface area contributed by atoms with Gasteiger partial charge in [-0.15, -0.1) is 0 Å². The van der Waals surface area contributed by atoms with Crippen molar-refractivity contribution in [1.82, 2.24) is 9.88 Å². The molecule has 1 aliphatic carbocycles. The summed E-state index contributed by atoms with van der Waals surface area (Å²) in [5, 5.41) is 12.3. The van der Waals surface area contributed by atoms with Crippen LogP contribution in [0.15, 0.2) is 18.1 Å². The van der Waals surface area contributed by atoms with E-state index in [1.807, 2.05) is 0 Å². The number of rotatable bonds is 5. The Labute approximate surface area is 151 Å². The molecule has 0 amide bonds. The molecule has 25 heavy (non-hydrogen) atoms. The molecule has 0 radical (unpaired) electrons. The number of halogens is 2. The molecule has 2 N–H and O–H groups in total. The lowest BCUT2D eigenvalue weighted by molar-refractivity contribution is -0.134. The Balaban J connectivity index is 1.60. The number of pyridine rings is 1. The SMILES string of the molecule is O=C(O)C(F)=Cc1cnc(N[C@@H]2CCN(C3CCCCC3)C2)c(Cl)c1. The van der Waals surface area contributed by atoms with Crippen LogP contribution in [-0.2, 0) is 4.79 Å². The molecule has 0 bridgehead atoms. The minimum atomic E-state index is -1.60. The Morgan fingerprint density at radius 3 is 2.80 bits per heavy atom. The molecule has 1 aromatic rings. The van der Waals surface area contributed by atoms with Crippen molar-refractivity contribution in [3.05, 3.63) is 28.7 Å². The fourth-order valence-corrected chi connectivity index (χ4v) is 3.95. The molecule has 2 heterocycles. The number of hydrogen-bond donors (Lipinski definition) is 2. The molecule has 2 aliphatic rings. The third-order valence-electron chi connectivity index (χ3n) is 5.01. The third-order valence-corrected chi connectivity index (χ3v) is 5.30. The van der Waals surface area contributed by atoms with Crippen molar-refractivity contribution in [2.45, 2.75) is 50.6 Å². The van der Waals surface area contributed by atoms with E-state index in [0.29, 0.717) is 28.5 Å². The number of anilines is 1. The fraction of sp³-hybridized carbons (Fsp3) is 0.556. The summed E-state index contributed by atoms with van der Waals surface area (Å²) in [6, 6.07) is 2.52. The van der Waals surface area contributed by atoms with Gasteiger partial charge in [0.05, 0.1) is 5.02 Å². The molecular weight excluding hydrogens is 345 g/mol. The van der Waals surface area contributed by atoms with Crippen molar-refractivity contribution < 1.29 is 14.3 Å². The van der Waals surface area contributed by atoms with Crippen LogP contribution in [0.25, 0.3) is 6.08 Å². The van der Waals surface area contributed by atoms with E-state index >= 15 is 0 Å². The molecule has 1 aromatic heterocycles. The molecule has 1 atom stereocenters. The van der Waals surface area contributed by atoms with E-state index in [0.717, 1.165) is 25.6 Å². The minimum Gasteiger partial charge on any atom is -0.476 e. The summed E-state index contributed by atoms with van der Waals surface area (Å²) in [5.41, 5.74) is 0.325. The lowest BCUT2D eigenvalue weighted by Crippen LogP contribution is -2.36. The molecule has 0 aromatic carbocycles. The Morgan fingerprint density at radius 1 is 1.36 bits per heavy atom. The zero-order valence-corrected chi connectivity index (χ0v) is 14.8. The summed E-state index contributed by atoms with van der Waals surface area (Å²) in [5.74, 6) is -2.28. The van der Waals surface area contributed by atoms with E-state index in [-0.39, 0.29) is 0 Å². The molecule has 0 unspecified atom stereocenters. The molecule has 1 saturated heterocycles. The second-order valence-corrected chi connectivity index (χ2v) is 7.22. The predicted octanol–water partition coefficient (Wildman–Crippen LogP) is 3.95. The summed E-state index contributed by atoms with van der Waals surface area (Å²) in [6.45, 7) is 2.07. The maximum absolute atomic E-state index is 13.2. The van der Waals surface area contributed by atoms with Crippen LogP contribution in [0, 0.1) is 0 Å². The van der Waals surface area contributed by atoms with E-state index in [4.69, 9.17) is 16.7 Å².